The summed E-state index contributed by atoms with van der Waals surface area (Å²) in [4.78, 5) is 35.8. The molecule has 0 aromatic rings. The maximum atomic E-state index is 11.7. The van der Waals surface area contributed by atoms with Crippen molar-refractivity contribution in [2.24, 2.45) is 11.8 Å². The second-order valence-electron chi connectivity index (χ2n) is 4.19. The molecule has 0 bridgehead atoms. The van der Waals surface area contributed by atoms with Gasteiger partial charge in [-0.2, -0.15) is 4.79 Å². The van der Waals surface area contributed by atoms with Crippen LogP contribution in [0.5, 0.6) is 0 Å². The lowest BCUT2D eigenvalue weighted by molar-refractivity contribution is -0.297. The van der Waals surface area contributed by atoms with Gasteiger partial charge in [-0.3, -0.25) is 9.59 Å². The van der Waals surface area contributed by atoms with E-state index in [1.165, 1.54) is 13.8 Å². The Morgan fingerprint density at radius 2 is 2.06 bits per heavy atom. The monoisotopic (exact) mass is 254 g/mol. The molecule has 8 heteroatoms. The maximum Gasteiger partial charge on any atom is 0.380 e. The molecular weight excluding hydrogens is 242 g/mol. The first kappa shape index (κ1) is 14.0. The van der Waals surface area contributed by atoms with Gasteiger partial charge in [0.15, 0.2) is 5.97 Å². The molecule has 18 heavy (non-hydrogen) atoms. The summed E-state index contributed by atoms with van der Waals surface area (Å²) in [6.07, 6.45) is -0.962. The average molecular weight is 254 g/mol. The van der Waals surface area contributed by atoms with Crippen LogP contribution in [0.1, 0.15) is 13.8 Å². The third kappa shape index (κ3) is 2.29. The van der Waals surface area contributed by atoms with Gasteiger partial charge in [-0.05, 0) is 6.92 Å². The Labute approximate surface area is 102 Å². The predicted octanol–water partition coefficient (Wildman–Crippen LogP) is -2.89. The van der Waals surface area contributed by atoms with Gasteiger partial charge in [0.25, 0.3) is 5.78 Å². The molecule has 2 N–H and O–H groups in total. The molecule has 4 atom stereocenters. The summed E-state index contributed by atoms with van der Waals surface area (Å²) in [6, 6.07) is -0.693. The zero-order chi connectivity index (χ0) is 14.0. The van der Waals surface area contributed by atoms with E-state index in [9.17, 15) is 24.6 Å². The summed E-state index contributed by atoms with van der Waals surface area (Å²) in [5, 5.41) is 22.3. The number of rotatable bonds is 5. The lowest BCUT2D eigenvalue weighted by atomic mass is 9.76. The Kier molecular flexibility index (Phi) is 3.95. The fourth-order valence-corrected chi connectivity index (χ4v) is 1.94. The van der Waals surface area contributed by atoms with Crippen LogP contribution in [0.4, 0.5) is 0 Å². The van der Waals surface area contributed by atoms with Gasteiger partial charge in [-0.25, -0.2) is 0 Å². The first-order chi connectivity index (χ1) is 8.31. The number of hydrogen-bond acceptors (Lipinski definition) is 5. The van der Waals surface area contributed by atoms with Crippen LogP contribution < -0.4 is 10.4 Å². The van der Waals surface area contributed by atoms with Gasteiger partial charge in [0.2, 0.25) is 5.91 Å². The molecule has 0 aromatic heterocycles. The van der Waals surface area contributed by atoms with E-state index in [1.54, 1.807) is 0 Å². The molecule has 0 aromatic carbocycles. The Hall–Kier alpha value is -2.05. The van der Waals surface area contributed by atoms with Crippen molar-refractivity contribution >= 4 is 23.4 Å². The van der Waals surface area contributed by atoms with E-state index in [0.29, 0.717) is 0 Å². The number of Topliss-reactive ketones (excluding diaryl/α,β-unsaturated/α-hetero) is 1. The van der Waals surface area contributed by atoms with Gasteiger partial charge in [0, 0.05) is 5.92 Å². The lowest BCUT2D eigenvalue weighted by Gasteiger charge is -2.41. The molecule has 98 valence electrons. The van der Waals surface area contributed by atoms with Crippen LogP contribution >= 0.6 is 0 Å². The van der Waals surface area contributed by atoms with Crippen LogP contribution in [-0.4, -0.2) is 45.4 Å². The summed E-state index contributed by atoms with van der Waals surface area (Å²) in [6.45, 7) is 2.77. The van der Waals surface area contributed by atoms with Crippen molar-refractivity contribution in [3.63, 3.8) is 0 Å². The highest BCUT2D eigenvalue weighted by atomic mass is 16.4. The number of nitrogens with zero attached hydrogens (tertiary/aromatic N) is 2. The Morgan fingerprint density at radius 3 is 2.39 bits per heavy atom. The number of aliphatic hydroxyl groups excluding tert-OH is 1. The van der Waals surface area contributed by atoms with E-state index in [2.05, 4.69) is 10.1 Å². The number of carbonyl (C=O) groups excluding carboxylic acids is 3. The predicted molar refractivity (Wildman–Crippen MR) is 54.9 cm³/mol. The topological polar surface area (TPSA) is 143 Å². The number of carboxylic acids is 1. The third-order valence-electron chi connectivity index (χ3n) is 3.00. The van der Waals surface area contributed by atoms with Crippen molar-refractivity contribution in [2.75, 3.05) is 0 Å². The fraction of sp³-hybridized carbons (Fsp3) is 0.600. The van der Waals surface area contributed by atoms with Gasteiger partial charge in [0.05, 0.1) is 18.1 Å². The molecule has 1 amide bonds. The van der Waals surface area contributed by atoms with E-state index in [0.717, 1.165) is 0 Å². The highest BCUT2D eigenvalue weighted by Gasteiger charge is 2.48. The molecule has 1 saturated heterocycles. The number of nitrogens with one attached hydrogen (secondary N) is 1. The zero-order valence-corrected chi connectivity index (χ0v) is 9.78. The molecule has 1 fully saturated rings. The van der Waals surface area contributed by atoms with Crippen LogP contribution in [0.2, 0.25) is 0 Å². The van der Waals surface area contributed by atoms with E-state index in [-0.39, 0.29) is 0 Å². The van der Waals surface area contributed by atoms with Gasteiger partial charge >= 0.3 is 5.71 Å². The summed E-state index contributed by atoms with van der Waals surface area (Å²) in [5.74, 6) is -5.00. The molecule has 4 unspecified atom stereocenters. The van der Waals surface area contributed by atoms with E-state index in [4.69, 9.17) is 5.53 Å². The maximum absolute atomic E-state index is 11.7. The van der Waals surface area contributed by atoms with E-state index >= 15 is 0 Å². The Morgan fingerprint density at radius 1 is 1.50 bits per heavy atom. The van der Waals surface area contributed by atoms with Crippen molar-refractivity contribution in [1.82, 2.24) is 5.32 Å². The van der Waals surface area contributed by atoms with Crippen molar-refractivity contribution in [1.29, 1.82) is 0 Å². The standard InChI is InChI=1S/C10H13N3O5/c1-3(8(15)7(13-11)10(17)18)6-5(4(2)14)9(16)12-6/h3-6,14H,1-2H3,(H,12,16)(H,17,18)/p-1. The second-order valence-corrected chi connectivity index (χ2v) is 4.19. The summed E-state index contributed by atoms with van der Waals surface area (Å²) >= 11 is 0. The summed E-state index contributed by atoms with van der Waals surface area (Å²) in [7, 11) is 0. The molecule has 8 nitrogen and oxygen atoms in total. The largest absolute Gasteiger partial charge is 0.538 e. The van der Waals surface area contributed by atoms with Crippen molar-refractivity contribution < 1.29 is 29.4 Å². The first-order valence-corrected chi connectivity index (χ1v) is 5.27. The lowest BCUT2D eigenvalue weighted by Crippen LogP contribution is -2.66. The van der Waals surface area contributed by atoms with E-state index < -0.39 is 47.4 Å². The number of amides is 1. The normalized spacial score (nSPS) is 25.2. The number of β-lactam (4-membered cyclic amide) rings is 1. The summed E-state index contributed by atoms with van der Waals surface area (Å²) < 4.78 is 0. The van der Waals surface area contributed by atoms with Crippen molar-refractivity contribution in [3.8, 4) is 0 Å². The van der Waals surface area contributed by atoms with Crippen LogP contribution in [0.25, 0.3) is 5.53 Å². The Balaban J connectivity index is 2.86. The van der Waals surface area contributed by atoms with Crippen molar-refractivity contribution in [2.45, 2.75) is 26.0 Å². The molecule has 1 aliphatic rings. The number of ketones is 1. The SMILES string of the molecule is CC(O)C1C(=O)NC1C(C)C(=O)C(=[N+]=[N-])C(=O)[O-]. The summed E-state index contributed by atoms with van der Waals surface area (Å²) in [5.41, 5.74) is 7.32. The van der Waals surface area contributed by atoms with Crippen molar-refractivity contribution in [3.05, 3.63) is 5.53 Å². The second kappa shape index (κ2) is 5.07. The molecule has 0 saturated carbocycles. The average Bonchev–Trinajstić information content (AvgIpc) is 2.24. The number of aliphatic carboxylic acids is 1. The highest BCUT2D eigenvalue weighted by molar-refractivity contribution is 6.61. The van der Waals surface area contributed by atoms with E-state index in [1.807, 2.05) is 0 Å². The number of aliphatic hydroxyl groups is 1. The number of carboxylic acid groups (broad SMARTS) is 1. The number of carbonyl (C=O) groups is 3. The van der Waals surface area contributed by atoms with Crippen LogP contribution in [0.3, 0.4) is 0 Å². The van der Waals surface area contributed by atoms with Crippen LogP contribution in [0.15, 0.2) is 0 Å². The molecule has 0 radical (unpaired) electrons. The minimum absolute atomic E-state index is 0.411. The van der Waals surface area contributed by atoms with Gasteiger partial charge in [0.1, 0.15) is 0 Å². The molecule has 0 spiro atoms. The minimum atomic E-state index is -1.89. The minimum Gasteiger partial charge on any atom is -0.538 e. The Bertz CT molecular complexity index is 452. The first-order valence-electron chi connectivity index (χ1n) is 5.27. The van der Waals surface area contributed by atoms with Gasteiger partial charge in [-0.1, -0.05) is 6.92 Å². The smallest absolute Gasteiger partial charge is 0.380 e. The molecular formula is C10H12N3O5-. The van der Waals surface area contributed by atoms with Gasteiger partial charge < -0.3 is 25.9 Å². The van der Waals surface area contributed by atoms with Crippen LogP contribution in [0, 0.1) is 11.8 Å². The molecule has 1 rings (SSSR count). The van der Waals surface area contributed by atoms with Crippen LogP contribution in [-0.2, 0) is 14.4 Å². The zero-order valence-electron chi connectivity index (χ0n) is 9.78. The third-order valence-corrected chi connectivity index (χ3v) is 3.00. The van der Waals surface area contributed by atoms with Gasteiger partial charge in [-0.15, -0.1) is 0 Å². The molecule has 1 aliphatic heterocycles. The number of hydrogen-bond donors (Lipinski definition) is 2. The molecule has 1 heterocycles. The quantitative estimate of drug-likeness (QED) is 0.178. The fourth-order valence-electron chi connectivity index (χ4n) is 1.94. The molecule has 0 aliphatic carbocycles. The highest BCUT2D eigenvalue weighted by Crippen LogP contribution is 2.26.